The van der Waals surface area contributed by atoms with E-state index in [1.54, 1.807) is 19.9 Å². The maximum Gasteiger partial charge on any atom is 0.337 e. The van der Waals surface area contributed by atoms with Crippen LogP contribution >= 0.6 is 22.9 Å². The lowest BCUT2D eigenvalue weighted by Gasteiger charge is -2.13. The lowest BCUT2D eigenvalue weighted by atomic mass is 10.0. The highest BCUT2D eigenvalue weighted by atomic mass is 35.5. The zero-order valence-corrected chi connectivity index (χ0v) is 13.6. The molecule has 0 unspecified atom stereocenters. The number of rotatable bonds is 4. The third kappa shape index (κ3) is 3.37. The van der Waals surface area contributed by atoms with E-state index in [0.29, 0.717) is 9.90 Å². The Morgan fingerprint density at radius 1 is 1.29 bits per heavy atom. The molecule has 0 fully saturated rings. The molecule has 0 atom stereocenters. The molecule has 0 aliphatic heterocycles. The van der Waals surface area contributed by atoms with Crippen LogP contribution in [0.25, 0.3) is 0 Å². The average Bonchev–Trinajstić information content (AvgIpc) is 2.79. The van der Waals surface area contributed by atoms with Crippen molar-refractivity contribution in [3.05, 3.63) is 45.3 Å². The van der Waals surface area contributed by atoms with Crippen LogP contribution in [0.4, 0.5) is 5.69 Å². The molecule has 2 rings (SSSR count). The number of halogens is 1. The van der Waals surface area contributed by atoms with Gasteiger partial charge in [0.2, 0.25) is 0 Å². The molecule has 1 aromatic carbocycles. The van der Waals surface area contributed by atoms with E-state index in [0.717, 1.165) is 16.9 Å². The second kappa shape index (κ2) is 5.67. The van der Waals surface area contributed by atoms with Gasteiger partial charge in [-0.05, 0) is 43.2 Å². The summed E-state index contributed by atoms with van der Waals surface area (Å²) in [7, 11) is -3.86. The van der Waals surface area contributed by atoms with Crippen LogP contribution in [-0.4, -0.2) is 19.5 Å². The third-order valence-electron chi connectivity index (χ3n) is 2.76. The van der Waals surface area contributed by atoms with Gasteiger partial charge in [-0.2, -0.15) is 0 Å². The number of sulfonamides is 1. The van der Waals surface area contributed by atoms with Gasteiger partial charge in [0, 0.05) is 0 Å². The fourth-order valence-corrected chi connectivity index (χ4v) is 4.53. The molecule has 0 amide bonds. The molecular weight excluding hydrogens is 334 g/mol. The molecule has 0 saturated heterocycles. The molecule has 0 aliphatic carbocycles. The van der Waals surface area contributed by atoms with Crippen LogP contribution in [0.2, 0.25) is 4.34 Å². The van der Waals surface area contributed by atoms with Gasteiger partial charge in [-0.15, -0.1) is 11.3 Å². The minimum absolute atomic E-state index is 0.0313. The number of aromatic carboxylic acids is 1. The van der Waals surface area contributed by atoms with Crippen molar-refractivity contribution in [2.75, 3.05) is 4.72 Å². The fraction of sp³-hybridized carbons (Fsp3) is 0.154. The minimum Gasteiger partial charge on any atom is -0.478 e. The van der Waals surface area contributed by atoms with Crippen molar-refractivity contribution >= 4 is 44.6 Å². The summed E-state index contributed by atoms with van der Waals surface area (Å²) in [5.41, 5.74) is 1.27. The highest BCUT2D eigenvalue weighted by Gasteiger charge is 2.22. The van der Waals surface area contributed by atoms with E-state index >= 15 is 0 Å². The van der Waals surface area contributed by atoms with Crippen LogP contribution in [0.5, 0.6) is 0 Å². The van der Waals surface area contributed by atoms with Crippen LogP contribution in [0.3, 0.4) is 0 Å². The molecule has 5 nitrogen and oxygen atoms in total. The van der Waals surface area contributed by atoms with Crippen LogP contribution in [0, 0.1) is 13.8 Å². The molecule has 1 heterocycles. The first kappa shape index (κ1) is 15.8. The molecule has 0 bridgehead atoms. The molecule has 0 spiro atoms. The first-order chi connectivity index (χ1) is 9.70. The van der Waals surface area contributed by atoms with Gasteiger partial charge in [0.05, 0.1) is 15.6 Å². The number of aryl methyl sites for hydroxylation is 2. The zero-order valence-electron chi connectivity index (χ0n) is 11.2. The number of anilines is 1. The van der Waals surface area contributed by atoms with E-state index in [-0.39, 0.29) is 15.5 Å². The van der Waals surface area contributed by atoms with Crippen LogP contribution < -0.4 is 4.72 Å². The lowest BCUT2D eigenvalue weighted by molar-refractivity contribution is 0.0698. The Labute approximate surface area is 131 Å². The van der Waals surface area contributed by atoms with Gasteiger partial charge in [0.1, 0.15) is 4.21 Å². The Hall–Kier alpha value is -1.57. The average molecular weight is 346 g/mol. The van der Waals surface area contributed by atoms with E-state index in [1.807, 2.05) is 0 Å². The van der Waals surface area contributed by atoms with Crippen molar-refractivity contribution in [1.82, 2.24) is 0 Å². The number of carbonyl (C=O) groups is 1. The van der Waals surface area contributed by atoms with Gasteiger partial charge in [-0.25, -0.2) is 13.2 Å². The fourth-order valence-electron chi connectivity index (χ4n) is 1.90. The normalized spacial score (nSPS) is 11.4. The molecule has 2 aromatic rings. The number of benzene rings is 1. The van der Waals surface area contributed by atoms with E-state index in [1.165, 1.54) is 18.2 Å². The topological polar surface area (TPSA) is 83.5 Å². The van der Waals surface area contributed by atoms with Crippen molar-refractivity contribution in [2.45, 2.75) is 18.1 Å². The monoisotopic (exact) mass is 345 g/mol. The summed E-state index contributed by atoms with van der Waals surface area (Å²) in [5, 5.41) is 9.23. The standard InChI is InChI=1S/C13H12ClNO4S2/c1-7-5-8(2)12(9(6-7)13(16)17)15-21(18,19)11-4-3-10(14)20-11/h3-6,15H,1-2H3,(H,16,17). The smallest absolute Gasteiger partial charge is 0.337 e. The Morgan fingerprint density at radius 2 is 1.95 bits per heavy atom. The molecule has 0 aliphatic rings. The number of carboxylic acid groups (broad SMARTS) is 1. The van der Waals surface area contributed by atoms with Crippen molar-refractivity contribution in [1.29, 1.82) is 0 Å². The number of carboxylic acids is 1. The van der Waals surface area contributed by atoms with Gasteiger partial charge < -0.3 is 5.11 Å². The van der Waals surface area contributed by atoms with Gasteiger partial charge in [0.15, 0.2) is 0 Å². The summed E-state index contributed by atoms with van der Waals surface area (Å²) in [6.07, 6.45) is 0. The van der Waals surface area contributed by atoms with E-state index < -0.39 is 16.0 Å². The predicted octanol–water partition coefficient (Wildman–Crippen LogP) is 3.52. The van der Waals surface area contributed by atoms with Crippen LogP contribution in [-0.2, 0) is 10.0 Å². The first-order valence-electron chi connectivity index (χ1n) is 5.83. The molecule has 8 heteroatoms. The summed E-state index contributed by atoms with van der Waals surface area (Å²) < 4.78 is 27.3. The summed E-state index contributed by atoms with van der Waals surface area (Å²) in [4.78, 5) is 11.3. The minimum atomic E-state index is -3.86. The molecular formula is C13H12ClNO4S2. The molecule has 0 saturated carbocycles. The predicted molar refractivity (Wildman–Crippen MR) is 83.0 cm³/mol. The lowest BCUT2D eigenvalue weighted by Crippen LogP contribution is -2.16. The van der Waals surface area contributed by atoms with Crippen molar-refractivity contribution in [3.8, 4) is 0 Å². The van der Waals surface area contributed by atoms with Crippen molar-refractivity contribution < 1.29 is 18.3 Å². The highest BCUT2D eigenvalue weighted by molar-refractivity contribution is 7.94. The Balaban J connectivity index is 2.51. The Bertz CT molecular complexity index is 812. The Morgan fingerprint density at radius 3 is 2.48 bits per heavy atom. The zero-order chi connectivity index (χ0) is 15.8. The molecule has 1 aromatic heterocycles. The van der Waals surface area contributed by atoms with E-state index in [2.05, 4.69) is 4.72 Å². The second-order valence-electron chi connectivity index (χ2n) is 4.47. The van der Waals surface area contributed by atoms with Gasteiger partial charge >= 0.3 is 5.97 Å². The second-order valence-corrected chi connectivity index (χ2v) is 8.10. The third-order valence-corrected chi connectivity index (χ3v) is 5.83. The summed E-state index contributed by atoms with van der Waals surface area (Å²) in [5.74, 6) is -1.19. The highest BCUT2D eigenvalue weighted by Crippen LogP contribution is 2.30. The summed E-state index contributed by atoms with van der Waals surface area (Å²) >= 11 is 6.64. The maximum absolute atomic E-state index is 12.3. The van der Waals surface area contributed by atoms with Crippen LogP contribution in [0.15, 0.2) is 28.5 Å². The van der Waals surface area contributed by atoms with Crippen molar-refractivity contribution in [3.63, 3.8) is 0 Å². The maximum atomic E-state index is 12.3. The number of nitrogens with one attached hydrogen (secondary N) is 1. The Kier molecular flexibility index (Phi) is 4.27. The largest absolute Gasteiger partial charge is 0.478 e. The van der Waals surface area contributed by atoms with E-state index in [9.17, 15) is 18.3 Å². The number of hydrogen-bond donors (Lipinski definition) is 2. The first-order valence-corrected chi connectivity index (χ1v) is 8.51. The summed E-state index contributed by atoms with van der Waals surface area (Å²) in [6.45, 7) is 3.40. The summed E-state index contributed by atoms with van der Waals surface area (Å²) in [6, 6.07) is 5.99. The number of thiophene rings is 1. The van der Waals surface area contributed by atoms with Crippen molar-refractivity contribution in [2.24, 2.45) is 0 Å². The molecule has 21 heavy (non-hydrogen) atoms. The molecule has 0 radical (unpaired) electrons. The van der Waals surface area contributed by atoms with E-state index in [4.69, 9.17) is 11.6 Å². The van der Waals surface area contributed by atoms with Crippen LogP contribution in [0.1, 0.15) is 21.5 Å². The number of hydrogen-bond acceptors (Lipinski definition) is 4. The quantitative estimate of drug-likeness (QED) is 0.888. The molecule has 2 N–H and O–H groups in total. The SMILES string of the molecule is Cc1cc(C)c(NS(=O)(=O)c2ccc(Cl)s2)c(C(=O)O)c1. The van der Waals surface area contributed by atoms with Gasteiger partial charge in [-0.1, -0.05) is 17.7 Å². The van der Waals surface area contributed by atoms with Gasteiger partial charge in [0.25, 0.3) is 10.0 Å². The molecule has 112 valence electrons. The van der Waals surface area contributed by atoms with Gasteiger partial charge in [-0.3, -0.25) is 4.72 Å².